The van der Waals surface area contributed by atoms with Crippen molar-refractivity contribution in [3.05, 3.63) is 49.0 Å². The molecule has 0 fully saturated rings. The molecule has 2 aromatic rings. The number of hydrogen-bond donors (Lipinski definition) is 1. The normalized spacial score (nSPS) is 10.8. The second-order valence-electron chi connectivity index (χ2n) is 3.94. The van der Waals surface area contributed by atoms with Gasteiger partial charge in [-0.1, -0.05) is 22.9 Å². The van der Waals surface area contributed by atoms with Gasteiger partial charge >= 0.3 is 4.87 Å². The molecule has 5 heteroatoms. The van der Waals surface area contributed by atoms with Gasteiger partial charge in [0.05, 0.1) is 6.54 Å². The molecule has 0 aliphatic heterocycles. The maximum Gasteiger partial charge on any atom is 0.307 e. The summed E-state index contributed by atoms with van der Waals surface area (Å²) in [4.78, 5) is 12.8. The van der Waals surface area contributed by atoms with E-state index >= 15 is 0 Å². The largest absolute Gasteiger partial charge is 0.398 e. The topological polar surface area (TPSA) is 48.0 Å². The first-order chi connectivity index (χ1) is 7.99. The molecule has 0 aliphatic carbocycles. The third kappa shape index (κ3) is 2.37. The van der Waals surface area contributed by atoms with E-state index in [-0.39, 0.29) is 4.87 Å². The van der Waals surface area contributed by atoms with Gasteiger partial charge in [0.2, 0.25) is 0 Å². The second-order valence-corrected chi connectivity index (χ2v) is 5.54. The number of halogens is 1. The molecule has 0 aliphatic rings. The molecule has 0 spiro atoms. The summed E-state index contributed by atoms with van der Waals surface area (Å²) < 4.78 is 1.72. The van der Waals surface area contributed by atoms with Gasteiger partial charge in [-0.05, 0) is 37.6 Å². The number of hydrogen-bond acceptors (Lipinski definition) is 3. The average Bonchev–Trinajstić information content (AvgIpc) is 2.50. The number of thiazole rings is 1. The quantitative estimate of drug-likeness (QED) is 0.852. The van der Waals surface area contributed by atoms with Crippen molar-refractivity contribution >= 4 is 28.6 Å². The van der Waals surface area contributed by atoms with Crippen molar-refractivity contribution in [1.29, 1.82) is 0 Å². The lowest BCUT2D eigenvalue weighted by Crippen LogP contribution is -2.16. The fraction of sp³-hybridized carbons (Fsp3) is 0.250. The Labute approximate surface area is 108 Å². The molecule has 0 saturated heterocycles. The van der Waals surface area contributed by atoms with Gasteiger partial charge in [-0.25, -0.2) is 0 Å². The summed E-state index contributed by atoms with van der Waals surface area (Å²) in [6.07, 6.45) is 0. The minimum atomic E-state index is 0.0411. The molecule has 0 amide bonds. The Morgan fingerprint density at radius 1 is 1.41 bits per heavy atom. The maximum absolute atomic E-state index is 11.8. The van der Waals surface area contributed by atoms with Gasteiger partial charge in [-0.15, -0.1) is 0 Å². The van der Waals surface area contributed by atoms with Crippen LogP contribution in [-0.4, -0.2) is 4.57 Å². The molecule has 0 bridgehead atoms. The average molecular weight is 269 g/mol. The van der Waals surface area contributed by atoms with Gasteiger partial charge in [-0.3, -0.25) is 9.36 Å². The molecule has 0 unspecified atom stereocenters. The Morgan fingerprint density at radius 2 is 2.12 bits per heavy atom. The summed E-state index contributed by atoms with van der Waals surface area (Å²) in [6.45, 7) is 4.36. The van der Waals surface area contributed by atoms with Gasteiger partial charge in [-0.2, -0.15) is 0 Å². The number of rotatable bonds is 2. The van der Waals surface area contributed by atoms with Crippen LogP contribution in [0.15, 0.2) is 23.0 Å². The van der Waals surface area contributed by atoms with Crippen molar-refractivity contribution in [3.8, 4) is 0 Å². The van der Waals surface area contributed by atoms with Gasteiger partial charge in [0, 0.05) is 21.3 Å². The monoisotopic (exact) mass is 268 g/mol. The number of aryl methyl sites for hydroxylation is 1. The number of nitrogens with zero attached hydrogens (tertiary/aromatic N) is 1. The van der Waals surface area contributed by atoms with Crippen LogP contribution in [0, 0.1) is 13.8 Å². The fourth-order valence-corrected chi connectivity index (χ4v) is 2.68. The molecule has 90 valence electrons. The minimum absolute atomic E-state index is 0.0411. The molecular weight excluding hydrogens is 256 g/mol. The van der Waals surface area contributed by atoms with E-state index in [4.69, 9.17) is 17.3 Å². The van der Waals surface area contributed by atoms with E-state index in [2.05, 4.69) is 0 Å². The highest BCUT2D eigenvalue weighted by Gasteiger charge is 2.09. The molecule has 3 nitrogen and oxygen atoms in total. The van der Waals surface area contributed by atoms with Crippen LogP contribution in [0.25, 0.3) is 0 Å². The molecule has 0 atom stereocenters. The number of nitrogen functional groups attached to an aromatic ring is 1. The highest BCUT2D eigenvalue weighted by Crippen LogP contribution is 2.20. The van der Waals surface area contributed by atoms with E-state index in [0.717, 1.165) is 16.1 Å². The van der Waals surface area contributed by atoms with Crippen molar-refractivity contribution in [3.63, 3.8) is 0 Å². The minimum Gasteiger partial charge on any atom is -0.398 e. The Hall–Kier alpha value is -1.26. The standard InChI is InChI=1S/C12H13ClN2OS/c1-7-8(2)17-12(16)15(7)6-9-5-10(13)3-4-11(9)14/h3-5H,6,14H2,1-2H3. The van der Waals surface area contributed by atoms with E-state index in [0.29, 0.717) is 17.3 Å². The molecule has 1 aromatic heterocycles. The van der Waals surface area contributed by atoms with Crippen LogP contribution in [-0.2, 0) is 6.54 Å². The summed E-state index contributed by atoms with van der Waals surface area (Å²) in [5.74, 6) is 0. The molecule has 2 rings (SSSR count). The zero-order valence-electron chi connectivity index (χ0n) is 9.66. The zero-order chi connectivity index (χ0) is 12.6. The third-order valence-corrected chi connectivity index (χ3v) is 4.04. The first-order valence-corrected chi connectivity index (χ1v) is 6.39. The van der Waals surface area contributed by atoms with Crippen molar-refractivity contribution in [2.75, 3.05) is 5.73 Å². The van der Waals surface area contributed by atoms with E-state index in [9.17, 15) is 4.79 Å². The summed E-state index contributed by atoms with van der Waals surface area (Å²) in [5.41, 5.74) is 8.39. The maximum atomic E-state index is 11.8. The SMILES string of the molecule is Cc1sc(=O)n(Cc2cc(Cl)ccc2N)c1C. The molecule has 1 aromatic carbocycles. The molecular formula is C12H13ClN2OS. The lowest BCUT2D eigenvalue weighted by atomic mass is 10.2. The van der Waals surface area contributed by atoms with Crippen LogP contribution in [0.4, 0.5) is 5.69 Å². The van der Waals surface area contributed by atoms with Crippen molar-refractivity contribution in [2.45, 2.75) is 20.4 Å². The smallest absolute Gasteiger partial charge is 0.307 e. The van der Waals surface area contributed by atoms with Crippen LogP contribution >= 0.6 is 22.9 Å². The molecule has 2 N–H and O–H groups in total. The van der Waals surface area contributed by atoms with E-state index in [1.165, 1.54) is 11.3 Å². The van der Waals surface area contributed by atoms with Gasteiger partial charge < -0.3 is 5.73 Å². The summed E-state index contributed by atoms with van der Waals surface area (Å²) in [7, 11) is 0. The molecule has 0 radical (unpaired) electrons. The number of aromatic nitrogens is 1. The Bertz CT molecular complexity index is 615. The van der Waals surface area contributed by atoms with Crippen molar-refractivity contribution in [1.82, 2.24) is 4.57 Å². The fourth-order valence-electron chi connectivity index (χ4n) is 1.65. The van der Waals surface area contributed by atoms with Gasteiger partial charge in [0.25, 0.3) is 0 Å². The van der Waals surface area contributed by atoms with E-state index in [1.54, 1.807) is 22.8 Å². The number of anilines is 1. The number of benzene rings is 1. The van der Waals surface area contributed by atoms with Crippen LogP contribution in [0.1, 0.15) is 16.1 Å². The predicted molar refractivity (Wildman–Crippen MR) is 73.0 cm³/mol. The zero-order valence-corrected chi connectivity index (χ0v) is 11.2. The summed E-state index contributed by atoms with van der Waals surface area (Å²) in [6, 6.07) is 5.31. The first kappa shape index (κ1) is 12.2. The third-order valence-electron chi connectivity index (χ3n) is 2.81. The van der Waals surface area contributed by atoms with Crippen LogP contribution in [0.3, 0.4) is 0 Å². The van der Waals surface area contributed by atoms with Gasteiger partial charge in [0.15, 0.2) is 0 Å². The van der Waals surface area contributed by atoms with Crippen LogP contribution < -0.4 is 10.6 Å². The van der Waals surface area contributed by atoms with Crippen LogP contribution in [0.5, 0.6) is 0 Å². The van der Waals surface area contributed by atoms with E-state index < -0.39 is 0 Å². The molecule has 1 heterocycles. The Balaban J connectivity index is 2.44. The van der Waals surface area contributed by atoms with Crippen LogP contribution in [0.2, 0.25) is 5.02 Å². The summed E-state index contributed by atoms with van der Waals surface area (Å²) in [5, 5.41) is 0.631. The second kappa shape index (κ2) is 4.55. The lowest BCUT2D eigenvalue weighted by molar-refractivity contribution is 0.753. The highest BCUT2D eigenvalue weighted by molar-refractivity contribution is 7.09. The van der Waals surface area contributed by atoms with Gasteiger partial charge in [0.1, 0.15) is 0 Å². The predicted octanol–water partition coefficient (Wildman–Crippen LogP) is 2.81. The Kier molecular flexibility index (Phi) is 3.26. The lowest BCUT2D eigenvalue weighted by Gasteiger charge is -2.08. The summed E-state index contributed by atoms with van der Waals surface area (Å²) >= 11 is 7.19. The number of nitrogens with two attached hydrogens (primary N) is 1. The highest BCUT2D eigenvalue weighted by atomic mass is 35.5. The first-order valence-electron chi connectivity index (χ1n) is 5.20. The van der Waals surface area contributed by atoms with Crippen molar-refractivity contribution < 1.29 is 0 Å². The van der Waals surface area contributed by atoms with Crippen molar-refractivity contribution in [2.24, 2.45) is 0 Å². The molecule has 0 saturated carbocycles. The molecule has 17 heavy (non-hydrogen) atoms. The van der Waals surface area contributed by atoms with E-state index in [1.807, 2.05) is 13.8 Å². The Morgan fingerprint density at radius 3 is 2.71 bits per heavy atom.